The topological polar surface area (TPSA) is 39.1 Å². The van der Waals surface area contributed by atoms with Crippen LogP contribution in [0.3, 0.4) is 0 Å². The number of aromatic nitrogens is 2. The zero-order valence-electron chi connectivity index (χ0n) is 10.0. The van der Waals surface area contributed by atoms with Gasteiger partial charge in [0, 0.05) is 25.9 Å². The van der Waals surface area contributed by atoms with Crippen LogP contribution in [-0.2, 0) is 11.3 Å². The van der Waals surface area contributed by atoms with E-state index >= 15 is 0 Å². The Morgan fingerprint density at radius 2 is 2.27 bits per heavy atom. The van der Waals surface area contributed by atoms with E-state index < -0.39 is 0 Å². The summed E-state index contributed by atoms with van der Waals surface area (Å²) in [4.78, 5) is 0. The van der Waals surface area contributed by atoms with Crippen molar-refractivity contribution in [3.63, 3.8) is 0 Å². The summed E-state index contributed by atoms with van der Waals surface area (Å²) in [5, 5.41) is 7.63. The van der Waals surface area contributed by atoms with E-state index in [1.807, 2.05) is 24.0 Å². The third-order valence-electron chi connectivity index (χ3n) is 2.65. The van der Waals surface area contributed by atoms with Crippen LogP contribution in [-0.4, -0.2) is 35.6 Å². The molecule has 0 aliphatic heterocycles. The maximum Gasteiger partial charge on any atom is 0.0693 e. The van der Waals surface area contributed by atoms with Crippen LogP contribution in [0.2, 0.25) is 0 Å². The van der Waals surface area contributed by atoms with E-state index in [4.69, 9.17) is 4.74 Å². The standard InChI is InChI=1S/C11H21N3O/c1-9-7-13-14(8-9)6-5-12-10(2)11(3)15-4/h7-8,10-12H,5-6H2,1-4H3. The maximum absolute atomic E-state index is 5.23. The number of hydrogen-bond acceptors (Lipinski definition) is 3. The molecule has 1 rings (SSSR count). The lowest BCUT2D eigenvalue weighted by Crippen LogP contribution is -2.38. The van der Waals surface area contributed by atoms with Crippen molar-refractivity contribution in [3.8, 4) is 0 Å². The summed E-state index contributed by atoms with van der Waals surface area (Å²) in [6.07, 6.45) is 4.16. The fourth-order valence-electron chi connectivity index (χ4n) is 1.37. The molecule has 1 aromatic rings. The Morgan fingerprint density at radius 3 is 2.80 bits per heavy atom. The van der Waals surface area contributed by atoms with Gasteiger partial charge in [0.15, 0.2) is 0 Å². The van der Waals surface area contributed by atoms with Gasteiger partial charge in [-0.15, -0.1) is 0 Å². The minimum atomic E-state index is 0.240. The van der Waals surface area contributed by atoms with Crippen LogP contribution in [0.25, 0.3) is 0 Å². The lowest BCUT2D eigenvalue weighted by atomic mass is 10.2. The van der Waals surface area contributed by atoms with Gasteiger partial charge in [0.1, 0.15) is 0 Å². The van der Waals surface area contributed by atoms with Gasteiger partial charge in [-0.05, 0) is 26.3 Å². The molecule has 0 aliphatic rings. The molecule has 1 N–H and O–H groups in total. The van der Waals surface area contributed by atoms with Gasteiger partial charge < -0.3 is 10.1 Å². The summed E-state index contributed by atoms with van der Waals surface area (Å²) >= 11 is 0. The van der Waals surface area contributed by atoms with Gasteiger partial charge in [0.25, 0.3) is 0 Å². The molecule has 0 bridgehead atoms. The van der Waals surface area contributed by atoms with Crippen molar-refractivity contribution in [2.24, 2.45) is 0 Å². The Kier molecular flexibility index (Phi) is 4.78. The molecule has 0 spiro atoms. The Hall–Kier alpha value is -0.870. The largest absolute Gasteiger partial charge is 0.380 e. The monoisotopic (exact) mass is 211 g/mol. The van der Waals surface area contributed by atoms with Crippen molar-refractivity contribution in [1.29, 1.82) is 0 Å². The average molecular weight is 211 g/mol. The Bertz CT molecular complexity index is 285. The van der Waals surface area contributed by atoms with Gasteiger partial charge in [-0.3, -0.25) is 4.68 Å². The summed E-state index contributed by atoms with van der Waals surface area (Å²) in [6, 6.07) is 0.367. The molecule has 0 aliphatic carbocycles. The number of hydrogen-bond donors (Lipinski definition) is 1. The third-order valence-corrected chi connectivity index (χ3v) is 2.65. The number of rotatable bonds is 6. The molecule has 2 atom stereocenters. The van der Waals surface area contributed by atoms with E-state index in [-0.39, 0.29) is 6.10 Å². The van der Waals surface area contributed by atoms with Gasteiger partial charge in [0.2, 0.25) is 0 Å². The lowest BCUT2D eigenvalue weighted by molar-refractivity contribution is 0.0884. The Balaban J connectivity index is 2.21. The molecule has 1 aromatic heterocycles. The van der Waals surface area contributed by atoms with E-state index in [9.17, 15) is 0 Å². The summed E-state index contributed by atoms with van der Waals surface area (Å²) in [5.74, 6) is 0. The molecule has 0 aromatic carbocycles. The number of aryl methyl sites for hydroxylation is 1. The minimum Gasteiger partial charge on any atom is -0.380 e. The number of ether oxygens (including phenoxy) is 1. The van der Waals surface area contributed by atoms with E-state index in [1.54, 1.807) is 7.11 Å². The molecule has 1 heterocycles. The van der Waals surface area contributed by atoms with E-state index in [0.717, 1.165) is 13.1 Å². The summed E-state index contributed by atoms with van der Waals surface area (Å²) < 4.78 is 7.18. The third kappa shape index (κ3) is 4.01. The first-order valence-corrected chi connectivity index (χ1v) is 5.38. The zero-order chi connectivity index (χ0) is 11.3. The highest BCUT2D eigenvalue weighted by molar-refractivity contribution is 4.99. The molecule has 0 amide bonds. The highest BCUT2D eigenvalue weighted by atomic mass is 16.5. The molecule has 2 unspecified atom stereocenters. The fraction of sp³-hybridized carbons (Fsp3) is 0.727. The first-order valence-electron chi connectivity index (χ1n) is 5.38. The van der Waals surface area contributed by atoms with Crippen LogP contribution in [0.4, 0.5) is 0 Å². The Labute approximate surface area is 91.6 Å². The van der Waals surface area contributed by atoms with E-state index in [0.29, 0.717) is 6.04 Å². The number of methoxy groups -OCH3 is 1. The SMILES string of the molecule is COC(C)C(C)NCCn1cc(C)cn1. The molecule has 0 saturated carbocycles. The first kappa shape index (κ1) is 12.2. The quantitative estimate of drug-likeness (QED) is 0.768. The predicted octanol–water partition coefficient (Wildman–Crippen LogP) is 1.20. The van der Waals surface area contributed by atoms with Crippen LogP contribution in [0.1, 0.15) is 19.4 Å². The van der Waals surface area contributed by atoms with Crippen molar-refractivity contribution >= 4 is 0 Å². The second-order valence-corrected chi connectivity index (χ2v) is 3.96. The minimum absolute atomic E-state index is 0.240. The zero-order valence-corrected chi connectivity index (χ0v) is 10.0. The summed E-state index contributed by atoms with van der Waals surface area (Å²) in [5.41, 5.74) is 1.20. The van der Waals surface area contributed by atoms with Gasteiger partial charge in [0.05, 0.1) is 18.8 Å². The molecule has 0 fully saturated rings. The second-order valence-electron chi connectivity index (χ2n) is 3.96. The molecular formula is C11H21N3O. The van der Waals surface area contributed by atoms with Crippen LogP contribution in [0.5, 0.6) is 0 Å². The summed E-state index contributed by atoms with van der Waals surface area (Å²) in [7, 11) is 1.74. The predicted molar refractivity (Wildman–Crippen MR) is 60.9 cm³/mol. The van der Waals surface area contributed by atoms with Crippen molar-refractivity contribution in [2.45, 2.75) is 39.5 Å². The highest BCUT2D eigenvalue weighted by Gasteiger charge is 2.09. The van der Waals surface area contributed by atoms with Crippen molar-refractivity contribution < 1.29 is 4.74 Å². The molecule has 4 nitrogen and oxygen atoms in total. The second kappa shape index (κ2) is 5.88. The molecule has 0 saturated heterocycles. The van der Waals surface area contributed by atoms with Crippen LogP contribution >= 0.6 is 0 Å². The van der Waals surface area contributed by atoms with Crippen molar-refractivity contribution in [3.05, 3.63) is 18.0 Å². The number of nitrogens with one attached hydrogen (secondary N) is 1. The van der Waals surface area contributed by atoms with Crippen LogP contribution < -0.4 is 5.32 Å². The van der Waals surface area contributed by atoms with Gasteiger partial charge in [-0.1, -0.05) is 0 Å². The van der Waals surface area contributed by atoms with Gasteiger partial charge >= 0.3 is 0 Å². The highest BCUT2D eigenvalue weighted by Crippen LogP contribution is 1.96. The van der Waals surface area contributed by atoms with Crippen molar-refractivity contribution in [1.82, 2.24) is 15.1 Å². The smallest absolute Gasteiger partial charge is 0.0693 e. The van der Waals surface area contributed by atoms with E-state index in [1.165, 1.54) is 5.56 Å². The van der Waals surface area contributed by atoms with Crippen LogP contribution in [0.15, 0.2) is 12.4 Å². The maximum atomic E-state index is 5.23. The lowest BCUT2D eigenvalue weighted by Gasteiger charge is -2.19. The first-order chi connectivity index (χ1) is 7.13. The van der Waals surface area contributed by atoms with E-state index in [2.05, 4.69) is 24.3 Å². The van der Waals surface area contributed by atoms with Gasteiger partial charge in [-0.2, -0.15) is 5.10 Å². The fourth-order valence-corrected chi connectivity index (χ4v) is 1.37. The molecule has 4 heteroatoms. The molecule has 15 heavy (non-hydrogen) atoms. The van der Waals surface area contributed by atoms with Crippen LogP contribution in [0, 0.1) is 6.92 Å². The molecule has 0 radical (unpaired) electrons. The normalized spacial score (nSPS) is 15.2. The molecule has 86 valence electrons. The number of nitrogens with zero attached hydrogens (tertiary/aromatic N) is 2. The average Bonchev–Trinajstić information content (AvgIpc) is 2.63. The van der Waals surface area contributed by atoms with Gasteiger partial charge in [-0.25, -0.2) is 0 Å². The van der Waals surface area contributed by atoms with Crippen molar-refractivity contribution in [2.75, 3.05) is 13.7 Å². The Morgan fingerprint density at radius 1 is 1.53 bits per heavy atom. The molecular weight excluding hydrogens is 190 g/mol. The summed E-state index contributed by atoms with van der Waals surface area (Å²) in [6.45, 7) is 8.05.